The molecule has 0 radical (unpaired) electrons. The molecule has 1 unspecified atom stereocenters. The fourth-order valence-electron chi connectivity index (χ4n) is 0.404. The predicted molar refractivity (Wildman–Crippen MR) is 48.6 cm³/mol. The zero-order chi connectivity index (χ0) is 11.8. The van der Waals surface area contributed by atoms with Gasteiger partial charge in [-0.05, 0) is 19.4 Å². The van der Waals surface area contributed by atoms with Crippen LogP contribution in [0, 0.1) is 0 Å². The zero-order valence-corrected chi connectivity index (χ0v) is 14.8. The van der Waals surface area contributed by atoms with Crippen molar-refractivity contribution in [1.29, 1.82) is 0 Å². The van der Waals surface area contributed by atoms with E-state index in [9.17, 15) is 4.79 Å². The van der Waals surface area contributed by atoms with Gasteiger partial charge in [0.2, 0.25) is 5.91 Å². The second-order valence-corrected chi connectivity index (χ2v) is 3.25. The maximum atomic E-state index is 10.6. The molecule has 0 aliphatic rings. The van der Waals surface area contributed by atoms with Crippen molar-refractivity contribution in [2.75, 3.05) is 0 Å². The van der Waals surface area contributed by atoms with Gasteiger partial charge in [0.15, 0.2) is 0 Å². The fourth-order valence-corrected chi connectivity index (χ4v) is 0.404. The third-order valence-electron chi connectivity index (χ3n) is 1.19. The molecule has 0 heterocycles. The van der Waals surface area contributed by atoms with Crippen molar-refractivity contribution >= 4 is 16.3 Å². The van der Waals surface area contributed by atoms with E-state index in [-0.39, 0.29) is 71.1 Å². The topological polar surface area (TPSA) is 109 Å². The van der Waals surface area contributed by atoms with E-state index in [1.807, 2.05) is 13.8 Å². The fraction of sp³-hybridized carbons (Fsp3) is 0.571. The van der Waals surface area contributed by atoms with Crippen LogP contribution in [0.3, 0.4) is 0 Å². The molecule has 84 valence electrons. The number of nitrogens with one attached hydrogen (secondary N) is 1. The van der Waals surface area contributed by atoms with Crippen LogP contribution in [0.25, 0.3) is 0 Å². The van der Waals surface area contributed by atoms with Gasteiger partial charge in [-0.3, -0.25) is 13.2 Å². The van der Waals surface area contributed by atoms with Gasteiger partial charge < -0.3 is 14.4 Å². The summed E-state index contributed by atoms with van der Waals surface area (Å²) in [4.78, 5) is 10.6. The molecule has 0 saturated heterocycles. The summed E-state index contributed by atoms with van der Waals surface area (Å²) in [5.74, 6) is -0.0932. The van der Waals surface area contributed by atoms with E-state index in [1.54, 1.807) is 0 Å². The van der Waals surface area contributed by atoms with Gasteiger partial charge in [0.05, 0.1) is 0 Å². The van der Waals surface area contributed by atoms with Gasteiger partial charge in [-0.15, -0.1) is 0 Å². The largest absolute Gasteiger partial charge is 1.00 e. The molecule has 0 aromatic rings. The van der Waals surface area contributed by atoms with Crippen molar-refractivity contribution in [2.24, 2.45) is 0 Å². The van der Waals surface area contributed by atoms with Crippen LogP contribution in [0.5, 0.6) is 0 Å². The smallest absolute Gasteiger partial charge is 0.759 e. The Bertz CT molecular complexity index is 273. The van der Waals surface area contributed by atoms with Gasteiger partial charge in [-0.25, -0.2) is 0 Å². The summed E-state index contributed by atoms with van der Waals surface area (Å²) >= 11 is 0. The molecule has 1 atom stereocenters. The normalized spacial score (nSPS) is 10.5. The molecule has 1 N–H and O–H groups in total. The minimum absolute atomic E-state index is 0. The Morgan fingerprint density at radius 3 is 1.94 bits per heavy atom. The van der Waals surface area contributed by atoms with Crippen LogP contribution in [-0.4, -0.2) is 29.5 Å². The maximum Gasteiger partial charge on any atom is 1.00 e. The summed E-state index contributed by atoms with van der Waals surface area (Å²) in [5.41, 5.74) is 0. The molecule has 0 spiro atoms. The Morgan fingerprint density at radius 2 is 1.75 bits per heavy atom. The van der Waals surface area contributed by atoms with Crippen molar-refractivity contribution in [3.05, 3.63) is 12.7 Å². The van der Waals surface area contributed by atoms with Crippen LogP contribution in [0.4, 0.5) is 0 Å². The number of carbonyl (C=O) groups excluding carboxylic acids is 1. The molecule has 0 aliphatic heterocycles. The number of hydrogen-bond acceptors (Lipinski definition) is 5. The first-order valence-electron chi connectivity index (χ1n) is 3.80. The summed E-state index contributed by atoms with van der Waals surface area (Å²) in [5, 5.41) is 2.72. The van der Waals surface area contributed by atoms with Gasteiger partial charge in [-0.2, -0.15) is 0 Å². The maximum absolute atomic E-state index is 10.6. The standard InChI is InChI=1S/C7H13NO.2Na.H2O4S/c1-4-6(3)8-7(9)5-2;;;1-5(2,3)4/h5-6H,2,4H2,1,3H3,(H,8,9);;;(H2,1,2,3,4)/q;2*+1;/p-2. The summed E-state index contributed by atoms with van der Waals surface area (Å²) in [6.45, 7) is 7.32. The van der Waals surface area contributed by atoms with Gasteiger partial charge >= 0.3 is 59.1 Å². The van der Waals surface area contributed by atoms with Crippen LogP contribution in [0.15, 0.2) is 12.7 Å². The molecular weight excluding hydrogens is 256 g/mol. The quantitative estimate of drug-likeness (QED) is 0.237. The number of carbonyl (C=O) groups is 1. The second kappa shape index (κ2) is 14.1. The van der Waals surface area contributed by atoms with E-state index >= 15 is 0 Å². The van der Waals surface area contributed by atoms with Gasteiger partial charge in [0.1, 0.15) is 0 Å². The van der Waals surface area contributed by atoms with Crippen LogP contribution in [0.1, 0.15) is 20.3 Å². The second-order valence-electron chi connectivity index (χ2n) is 2.43. The molecule has 0 aliphatic carbocycles. The summed E-state index contributed by atoms with van der Waals surface area (Å²) in [6.07, 6.45) is 2.24. The summed E-state index contributed by atoms with van der Waals surface area (Å²) < 4.78 is 34.1. The molecule has 9 heteroatoms. The van der Waals surface area contributed by atoms with Crippen LogP contribution < -0.4 is 64.4 Å². The summed E-state index contributed by atoms with van der Waals surface area (Å²) in [7, 11) is -5.17. The van der Waals surface area contributed by atoms with Crippen molar-refractivity contribution in [2.45, 2.75) is 26.3 Å². The molecule has 6 nitrogen and oxygen atoms in total. The van der Waals surface area contributed by atoms with Crippen LogP contribution >= 0.6 is 0 Å². The molecule has 16 heavy (non-hydrogen) atoms. The third-order valence-corrected chi connectivity index (χ3v) is 1.19. The van der Waals surface area contributed by atoms with Crippen LogP contribution in [0.2, 0.25) is 0 Å². The van der Waals surface area contributed by atoms with E-state index in [4.69, 9.17) is 17.5 Å². The Hall–Kier alpha value is 1.08. The molecular formula is C7H13NNa2O5S. The first-order valence-corrected chi connectivity index (χ1v) is 5.13. The Labute approximate surface area is 140 Å². The molecule has 0 aromatic heterocycles. The Balaban J connectivity index is -0.0000000904. The number of hydrogen-bond donors (Lipinski definition) is 1. The third kappa shape index (κ3) is 36.3. The van der Waals surface area contributed by atoms with E-state index < -0.39 is 10.4 Å². The molecule has 0 aromatic carbocycles. The summed E-state index contributed by atoms with van der Waals surface area (Å²) in [6, 6.07) is 0.260. The van der Waals surface area contributed by atoms with Gasteiger partial charge in [0, 0.05) is 16.4 Å². The molecule has 0 fully saturated rings. The Kier molecular flexibility index (Phi) is 22.8. The SMILES string of the molecule is C=CC(=O)NC(C)CC.O=S(=O)([O-])[O-].[Na+].[Na+]. The van der Waals surface area contributed by atoms with Crippen molar-refractivity contribution < 1.29 is 81.4 Å². The molecule has 0 saturated carbocycles. The zero-order valence-electron chi connectivity index (χ0n) is 10.0. The average molecular weight is 269 g/mol. The molecule has 1 amide bonds. The van der Waals surface area contributed by atoms with Crippen molar-refractivity contribution in [1.82, 2.24) is 5.32 Å². The first-order chi connectivity index (χ1) is 6.20. The average Bonchev–Trinajstić information content (AvgIpc) is 2.01. The van der Waals surface area contributed by atoms with Crippen LogP contribution in [-0.2, 0) is 15.2 Å². The van der Waals surface area contributed by atoms with E-state index in [1.165, 1.54) is 6.08 Å². The van der Waals surface area contributed by atoms with Gasteiger partial charge in [0.25, 0.3) is 0 Å². The minimum atomic E-state index is -5.17. The number of amides is 1. The van der Waals surface area contributed by atoms with E-state index in [2.05, 4.69) is 11.9 Å². The van der Waals surface area contributed by atoms with Gasteiger partial charge in [-0.1, -0.05) is 13.5 Å². The van der Waals surface area contributed by atoms with Crippen molar-refractivity contribution in [3.63, 3.8) is 0 Å². The first kappa shape index (κ1) is 25.8. The van der Waals surface area contributed by atoms with E-state index in [0.717, 1.165) is 6.42 Å². The monoisotopic (exact) mass is 269 g/mol. The minimum Gasteiger partial charge on any atom is -0.759 e. The Morgan fingerprint density at radius 1 is 1.44 bits per heavy atom. The molecule has 0 rings (SSSR count). The molecule has 0 bridgehead atoms. The van der Waals surface area contributed by atoms with E-state index in [0.29, 0.717) is 0 Å². The predicted octanol–water partition coefficient (Wildman–Crippen LogP) is -6.24. The number of rotatable bonds is 3. The van der Waals surface area contributed by atoms with Crippen molar-refractivity contribution in [3.8, 4) is 0 Å².